The molecule has 1 aliphatic rings. The van der Waals surface area contributed by atoms with Crippen LogP contribution in [0.15, 0.2) is 34.3 Å². The molecule has 0 heterocycles. The minimum Gasteiger partial charge on any atom is -0.331 e. The van der Waals surface area contributed by atoms with Crippen LogP contribution in [-0.2, 0) is 0 Å². The predicted octanol–water partition coefficient (Wildman–Crippen LogP) is 5.49. The Balaban J connectivity index is 1.88. The zero-order valence-corrected chi connectivity index (χ0v) is 15.7. The molecule has 0 saturated heterocycles. The van der Waals surface area contributed by atoms with Crippen LogP contribution in [0.1, 0.15) is 40.0 Å². The molecule has 1 fully saturated rings. The van der Waals surface area contributed by atoms with Crippen molar-refractivity contribution in [3.63, 3.8) is 0 Å². The third-order valence-corrected chi connectivity index (χ3v) is 4.74. The highest BCUT2D eigenvalue weighted by Crippen LogP contribution is 2.36. The Hall–Kier alpha value is -1.21. The fourth-order valence-electron chi connectivity index (χ4n) is 3.21. The maximum Gasteiger partial charge on any atom is 0.288 e. The maximum absolute atomic E-state index is 12.3. The molecule has 0 bridgehead atoms. The first kappa shape index (κ1) is 19.1. The second kappa shape index (κ2) is 8.25. The molecular weight excluding hydrogens is 348 g/mol. The van der Waals surface area contributed by atoms with Crippen LogP contribution in [0.3, 0.4) is 0 Å². The number of hydrazone groups is 1. The standard InChI is InChI=1S/C17H23F2N3S2/c1-11-8-13(10-17(2,3)9-11)21-22-16(23)20-12-4-6-14(7-5-12)24-15(18)19/h4-7,11,15H,8-10H2,1-3H3,(H2,20,22,23)/b21-13+. The van der Waals surface area contributed by atoms with Gasteiger partial charge in [-0.1, -0.05) is 32.5 Å². The predicted molar refractivity (Wildman–Crippen MR) is 102 cm³/mol. The highest BCUT2D eigenvalue weighted by atomic mass is 32.2. The lowest BCUT2D eigenvalue weighted by molar-refractivity contribution is 0.252. The summed E-state index contributed by atoms with van der Waals surface area (Å²) >= 11 is 5.76. The quantitative estimate of drug-likeness (QED) is 0.417. The fraction of sp³-hybridized carbons (Fsp3) is 0.529. The van der Waals surface area contributed by atoms with E-state index in [9.17, 15) is 8.78 Å². The Kier molecular flexibility index (Phi) is 6.57. The summed E-state index contributed by atoms with van der Waals surface area (Å²) in [6.07, 6.45) is 3.16. The van der Waals surface area contributed by atoms with Gasteiger partial charge in [0.15, 0.2) is 5.11 Å². The summed E-state index contributed by atoms with van der Waals surface area (Å²) < 4.78 is 24.6. The monoisotopic (exact) mass is 371 g/mol. The van der Waals surface area contributed by atoms with Crippen LogP contribution in [-0.4, -0.2) is 16.6 Å². The van der Waals surface area contributed by atoms with E-state index in [2.05, 4.69) is 36.6 Å². The van der Waals surface area contributed by atoms with Gasteiger partial charge < -0.3 is 5.32 Å². The first-order valence-corrected chi connectivity index (χ1v) is 9.19. The van der Waals surface area contributed by atoms with E-state index in [1.165, 1.54) is 6.42 Å². The molecule has 1 aromatic carbocycles. The normalized spacial score (nSPS) is 21.8. The highest BCUT2D eigenvalue weighted by Gasteiger charge is 2.29. The molecule has 1 aliphatic carbocycles. The second-order valence-corrected chi connectivity index (χ2v) is 8.47. The molecule has 7 heteroatoms. The van der Waals surface area contributed by atoms with Gasteiger partial charge in [0.25, 0.3) is 5.76 Å². The third kappa shape index (κ3) is 6.36. The average molecular weight is 372 g/mol. The molecule has 2 rings (SSSR count). The van der Waals surface area contributed by atoms with E-state index in [-0.39, 0.29) is 5.41 Å². The van der Waals surface area contributed by atoms with Crippen LogP contribution in [0.2, 0.25) is 0 Å². The van der Waals surface area contributed by atoms with Gasteiger partial charge in [-0.25, -0.2) is 0 Å². The third-order valence-electron chi connectivity index (χ3n) is 3.82. The Bertz CT molecular complexity index is 600. The van der Waals surface area contributed by atoms with Gasteiger partial charge in [0, 0.05) is 16.3 Å². The van der Waals surface area contributed by atoms with Gasteiger partial charge in [-0.3, -0.25) is 5.43 Å². The van der Waals surface area contributed by atoms with Crippen molar-refractivity contribution < 1.29 is 8.78 Å². The van der Waals surface area contributed by atoms with E-state index in [0.717, 1.165) is 24.2 Å². The largest absolute Gasteiger partial charge is 0.331 e. The Morgan fingerprint density at radius 1 is 1.33 bits per heavy atom. The minimum atomic E-state index is -2.41. The minimum absolute atomic E-state index is 0.269. The van der Waals surface area contributed by atoms with E-state index in [0.29, 0.717) is 27.7 Å². The van der Waals surface area contributed by atoms with Gasteiger partial charge in [0.2, 0.25) is 0 Å². The van der Waals surface area contributed by atoms with Crippen LogP contribution in [0.5, 0.6) is 0 Å². The molecule has 0 amide bonds. The van der Waals surface area contributed by atoms with E-state index >= 15 is 0 Å². The summed E-state index contributed by atoms with van der Waals surface area (Å²) in [5, 5.41) is 7.85. The fourth-order valence-corrected chi connectivity index (χ4v) is 3.87. The smallest absolute Gasteiger partial charge is 0.288 e. The molecular formula is C17H23F2N3S2. The van der Waals surface area contributed by atoms with Crippen molar-refractivity contribution in [2.45, 2.75) is 50.7 Å². The molecule has 1 atom stereocenters. The van der Waals surface area contributed by atoms with Gasteiger partial charge in [-0.15, -0.1) is 0 Å². The number of nitrogens with zero attached hydrogens (tertiary/aromatic N) is 1. The van der Waals surface area contributed by atoms with Crippen molar-refractivity contribution in [1.29, 1.82) is 0 Å². The number of halogens is 2. The number of hydrogen-bond donors (Lipinski definition) is 2. The molecule has 1 aromatic rings. The Morgan fingerprint density at radius 3 is 2.58 bits per heavy atom. The van der Waals surface area contributed by atoms with Crippen molar-refractivity contribution in [3.05, 3.63) is 24.3 Å². The topological polar surface area (TPSA) is 36.4 Å². The van der Waals surface area contributed by atoms with E-state index in [4.69, 9.17) is 12.2 Å². The van der Waals surface area contributed by atoms with Gasteiger partial charge in [-0.2, -0.15) is 13.9 Å². The summed E-state index contributed by atoms with van der Waals surface area (Å²) in [6.45, 7) is 6.76. The van der Waals surface area contributed by atoms with Crippen molar-refractivity contribution in [2.24, 2.45) is 16.4 Å². The van der Waals surface area contributed by atoms with E-state index < -0.39 is 5.76 Å². The SMILES string of the molecule is CC1C/C(=N\NC(=S)Nc2ccc(SC(F)F)cc2)CC(C)(C)C1. The molecule has 0 spiro atoms. The molecule has 132 valence electrons. The summed E-state index contributed by atoms with van der Waals surface area (Å²) in [5.41, 5.74) is 5.03. The lowest BCUT2D eigenvalue weighted by Crippen LogP contribution is -2.31. The van der Waals surface area contributed by atoms with Crippen LogP contribution >= 0.6 is 24.0 Å². The number of rotatable bonds is 4. The highest BCUT2D eigenvalue weighted by molar-refractivity contribution is 7.99. The number of anilines is 1. The summed E-state index contributed by atoms with van der Waals surface area (Å²) in [5.74, 6) is -1.79. The lowest BCUT2D eigenvalue weighted by atomic mass is 9.72. The summed E-state index contributed by atoms with van der Waals surface area (Å²) in [4.78, 5) is 0.521. The van der Waals surface area contributed by atoms with Gasteiger partial charge in [0.05, 0.1) is 0 Å². The molecule has 3 nitrogen and oxygen atoms in total. The summed E-state index contributed by atoms with van der Waals surface area (Å²) in [7, 11) is 0. The number of nitrogens with one attached hydrogen (secondary N) is 2. The van der Waals surface area contributed by atoms with Crippen molar-refractivity contribution >= 4 is 40.5 Å². The van der Waals surface area contributed by atoms with Crippen molar-refractivity contribution in [2.75, 3.05) is 5.32 Å². The molecule has 2 N–H and O–H groups in total. The molecule has 0 aromatic heterocycles. The average Bonchev–Trinajstić information content (AvgIpc) is 2.45. The first-order valence-electron chi connectivity index (χ1n) is 7.91. The number of alkyl halides is 2. The Labute approximate surface area is 151 Å². The molecule has 1 saturated carbocycles. The van der Waals surface area contributed by atoms with Gasteiger partial charge in [-0.05, 0) is 67.1 Å². The molecule has 24 heavy (non-hydrogen) atoms. The first-order chi connectivity index (χ1) is 11.2. The summed E-state index contributed by atoms with van der Waals surface area (Å²) in [6, 6.07) is 6.72. The lowest BCUT2D eigenvalue weighted by Gasteiger charge is -2.34. The second-order valence-electron chi connectivity index (χ2n) is 7.00. The zero-order valence-electron chi connectivity index (χ0n) is 14.1. The number of hydrogen-bond acceptors (Lipinski definition) is 3. The van der Waals surface area contributed by atoms with Crippen molar-refractivity contribution in [3.8, 4) is 0 Å². The van der Waals surface area contributed by atoms with Crippen molar-refractivity contribution in [1.82, 2.24) is 5.43 Å². The van der Waals surface area contributed by atoms with Crippen LogP contribution < -0.4 is 10.7 Å². The number of benzene rings is 1. The van der Waals surface area contributed by atoms with Crippen LogP contribution in [0.4, 0.5) is 14.5 Å². The van der Waals surface area contributed by atoms with E-state index in [1.807, 2.05) is 0 Å². The maximum atomic E-state index is 12.3. The van der Waals surface area contributed by atoms with E-state index in [1.54, 1.807) is 24.3 Å². The number of thioether (sulfide) groups is 1. The van der Waals surface area contributed by atoms with Gasteiger partial charge >= 0.3 is 0 Å². The Morgan fingerprint density at radius 2 is 2.00 bits per heavy atom. The number of thiocarbonyl (C=S) groups is 1. The van der Waals surface area contributed by atoms with Gasteiger partial charge in [0.1, 0.15) is 0 Å². The molecule has 0 radical (unpaired) electrons. The van der Waals surface area contributed by atoms with Crippen LogP contribution in [0.25, 0.3) is 0 Å². The van der Waals surface area contributed by atoms with Crippen LogP contribution in [0, 0.1) is 11.3 Å². The molecule has 0 aliphatic heterocycles. The zero-order chi connectivity index (χ0) is 17.7. The molecule has 1 unspecified atom stereocenters.